The van der Waals surface area contributed by atoms with Crippen molar-refractivity contribution in [2.45, 2.75) is 80.1 Å². The van der Waals surface area contributed by atoms with Crippen molar-refractivity contribution >= 4 is 28.8 Å². The number of Topliss-reactive ketones (excluding diaryl/α,β-unsaturated/α-hetero) is 1. The number of carbonyl (C=O) groups excluding carboxylic acids is 2. The number of nitrogens with zero attached hydrogens (tertiary/aromatic N) is 1. The average Bonchev–Trinajstić information content (AvgIpc) is 3.48. The molecule has 0 aromatic heterocycles. The monoisotopic (exact) mass is 821 g/mol. The second kappa shape index (κ2) is 18.9. The number of methoxy groups -OCH3 is 1. The zero-order valence-electron chi connectivity index (χ0n) is 38.1. The predicted molar refractivity (Wildman–Crippen MR) is 257 cm³/mol. The molecule has 8 rings (SSSR count). The molecule has 0 saturated heterocycles. The predicted octanol–water partition coefficient (Wildman–Crippen LogP) is 14.5. The van der Waals surface area contributed by atoms with Crippen LogP contribution in [0.1, 0.15) is 96.4 Å². The van der Waals surface area contributed by atoms with Crippen LogP contribution in [0, 0.1) is 27.7 Å². The van der Waals surface area contributed by atoms with E-state index < -0.39 is 0 Å². The molecule has 1 aliphatic rings. The molecular weight excluding hydrogens is 763 g/mol. The summed E-state index contributed by atoms with van der Waals surface area (Å²) in [6.45, 7) is 20.4. The summed E-state index contributed by atoms with van der Waals surface area (Å²) in [5.41, 5.74) is 16.4. The number of hydrogen-bond acceptors (Lipinski definition) is 5. The lowest BCUT2D eigenvalue weighted by atomic mass is 9.77. The lowest BCUT2D eigenvalue weighted by Crippen LogP contribution is -2.19. The van der Waals surface area contributed by atoms with E-state index >= 15 is 0 Å². The first-order valence-corrected chi connectivity index (χ1v) is 21.2. The average molecular weight is 822 g/mol. The molecule has 0 heterocycles. The highest BCUT2D eigenvalue weighted by atomic mass is 16.5. The maximum atomic E-state index is 12.3. The van der Waals surface area contributed by atoms with Gasteiger partial charge in [0.15, 0.2) is 0 Å². The van der Waals surface area contributed by atoms with E-state index in [1.165, 1.54) is 69.9 Å². The van der Waals surface area contributed by atoms with Gasteiger partial charge in [0.1, 0.15) is 17.3 Å². The first-order chi connectivity index (χ1) is 29.5. The van der Waals surface area contributed by atoms with Crippen molar-refractivity contribution in [1.29, 1.82) is 0 Å². The molecule has 7 aromatic rings. The van der Waals surface area contributed by atoms with Crippen LogP contribution in [0.5, 0.6) is 11.5 Å². The molecule has 0 spiro atoms. The van der Waals surface area contributed by atoms with Gasteiger partial charge in [-0.3, -0.25) is 0 Å². The first-order valence-electron chi connectivity index (χ1n) is 21.2. The van der Waals surface area contributed by atoms with Crippen LogP contribution in [0.4, 0.5) is 17.1 Å². The third kappa shape index (κ3) is 9.90. The number of esters is 1. The van der Waals surface area contributed by atoms with Gasteiger partial charge in [-0.2, -0.15) is 0 Å². The minimum atomic E-state index is -0.346. The number of rotatable bonds is 8. The zero-order chi connectivity index (χ0) is 44.8. The molecule has 0 atom stereocenters. The Morgan fingerprint density at radius 1 is 0.532 bits per heavy atom. The van der Waals surface area contributed by atoms with Crippen LogP contribution < -0.4 is 14.4 Å². The van der Waals surface area contributed by atoms with Crippen molar-refractivity contribution in [3.63, 3.8) is 0 Å². The molecule has 0 aliphatic heterocycles. The fourth-order valence-corrected chi connectivity index (χ4v) is 7.99. The number of ether oxygens (including phenoxy) is 2. The van der Waals surface area contributed by atoms with E-state index in [4.69, 9.17) is 9.47 Å². The molecule has 5 heteroatoms. The molecule has 0 unspecified atom stereocenters. The Morgan fingerprint density at radius 3 is 1.52 bits per heavy atom. The van der Waals surface area contributed by atoms with Gasteiger partial charge in [0, 0.05) is 27.9 Å². The van der Waals surface area contributed by atoms with Gasteiger partial charge in [-0.1, -0.05) is 136 Å². The normalized spacial score (nSPS) is 12.0. The highest BCUT2D eigenvalue weighted by molar-refractivity contribution is 5.91. The molecule has 0 amide bonds. The maximum Gasteiger partial charge on any atom is 0.343 e. The Balaban J connectivity index is 0.000000191. The van der Waals surface area contributed by atoms with Crippen molar-refractivity contribution in [1.82, 2.24) is 0 Å². The molecule has 316 valence electrons. The maximum absolute atomic E-state index is 12.3. The molecule has 1 aliphatic carbocycles. The van der Waals surface area contributed by atoms with Crippen LogP contribution in [0.25, 0.3) is 11.1 Å². The third-order valence-electron chi connectivity index (χ3n) is 11.6. The van der Waals surface area contributed by atoms with Crippen LogP contribution >= 0.6 is 0 Å². The zero-order valence-corrected chi connectivity index (χ0v) is 38.1. The van der Waals surface area contributed by atoms with E-state index in [1.54, 1.807) is 19.2 Å². The summed E-state index contributed by atoms with van der Waals surface area (Å²) in [5.74, 6) is 1.29. The summed E-state index contributed by atoms with van der Waals surface area (Å²) < 4.78 is 11.0. The number of benzene rings is 7. The summed E-state index contributed by atoms with van der Waals surface area (Å²) in [4.78, 5) is 24.1. The first kappa shape index (κ1) is 44.8. The molecular formula is C57H59NO4. The van der Waals surface area contributed by atoms with Gasteiger partial charge in [-0.15, -0.1) is 0 Å². The summed E-state index contributed by atoms with van der Waals surface area (Å²) in [6, 6.07) is 54.6. The van der Waals surface area contributed by atoms with Gasteiger partial charge in [0.05, 0.1) is 12.7 Å². The molecule has 0 saturated carbocycles. The molecule has 0 bridgehead atoms. The van der Waals surface area contributed by atoms with E-state index in [2.05, 4.69) is 163 Å². The second-order valence-electron chi connectivity index (χ2n) is 17.4. The van der Waals surface area contributed by atoms with Crippen LogP contribution in [0.3, 0.4) is 0 Å². The number of hydrogen-bond donors (Lipinski definition) is 0. The lowest BCUT2D eigenvalue weighted by Gasteiger charge is -2.28. The van der Waals surface area contributed by atoms with Gasteiger partial charge in [-0.05, 0) is 147 Å². The van der Waals surface area contributed by atoms with Gasteiger partial charge in [0.2, 0.25) is 0 Å². The number of fused-ring (bicyclic) bond motifs is 3. The fraction of sp³-hybridized carbons (Fsp3) is 0.228. The minimum absolute atomic E-state index is 0.00579. The summed E-state index contributed by atoms with van der Waals surface area (Å²) in [7, 11) is 1.69. The standard InChI is InChI=1S/C29H27N.C25H26O3.C3H6O/c1-20-9-13-22(14-10-20)30(23-15-11-21(2)12-16-23)24-17-18-26-25-7-5-6-8-27(25)29(3,4)28(26)19-24;1-17-15-20(11-13-22(17)27-5)25(3,4)21-12-14-23(18(2)16-21)28-24(26)19-9-7-6-8-10-19;1-3(2)4/h5-19H,1-4H3;6-16H,1-5H3;1-2H3. The second-order valence-corrected chi connectivity index (χ2v) is 17.4. The molecule has 62 heavy (non-hydrogen) atoms. The molecule has 5 nitrogen and oxygen atoms in total. The third-order valence-corrected chi connectivity index (χ3v) is 11.6. The Labute approximate surface area is 369 Å². The molecule has 0 fully saturated rings. The largest absolute Gasteiger partial charge is 0.496 e. The fourth-order valence-electron chi connectivity index (χ4n) is 7.99. The van der Waals surface area contributed by atoms with Gasteiger partial charge < -0.3 is 19.2 Å². The summed E-state index contributed by atoms with van der Waals surface area (Å²) >= 11 is 0. The van der Waals surface area contributed by atoms with Gasteiger partial charge in [-0.25, -0.2) is 4.79 Å². The SMILES string of the molecule is CC(C)=O.COc1ccc(C(C)(C)c2ccc(OC(=O)c3ccccc3)c(C)c2)cc1C.Cc1ccc(N(c2ccc(C)cc2)c2ccc3c(c2)C(C)(C)c2ccccc2-3)cc1. The van der Waals surface area contributed by atoms with Crippen molar-refractivity contribution in [3.8, 4) is 22.6 Å². The smallest absolute Gasteiger partial charge is 0.343 e. The van der Waals surface area contributed by atoms with Crippen LogP contribution in [0.2, 0.25) is 0 Å². The number of anilines is 3. The quantitative estimate of drug-likeness (QED) is 0.113. The van der Waals surface area contributed by atoms with Crippen molar-refractivity contribution in [2.75, 3.05) is 12.0 Å². The highest BCUT2D eigenvalue weighted by Gasteiger charge is 2.35. The summed E-state index contributed by atoms with van der Waals surface area (Å²) in [5, 5.41) is 0. The van der Waals surface area contributed by atoms with Crippen LogP contribution in [0.15, 0.2) is 158 Å². The van der Waals surface area contributed by atoms with Crippen molar-refractivity contribution < 1.29 is 19.1 Å². The van der Waals surface area contributed by atoms with Gasteiger partial charge >= 0.3 is 5.97 Å². The van der Waals surface area contributed by atoms with E-state index in [0.717, 1.165) is 22.4 Å². The van der Waals surface area contributed by atoms with Gasteiger partial charge in [0.25, 0.3) is 0 Å². The van der Waals surface area contributed by atoms with E-state index in [9.17, 15) is 9.59 Å². The molecule has 7 aromatic carbocycles. The molecule has 0 N–H and O–H groups in total. The van der Waals surface area contributed by atoms with E-state index in [0.29, 0.717) is 11.3 Å². The Kier molecular flexibility index (Phi) is 13.7. The van der Waals surface area contributed by atoms with Crippen molar-refractivity contribution in [3.05, 3.63) is 208 Å². The number of ketones is 1. The van der Waals surface area contributed by atoms with Crippen molar-refractivity contribution in [2.24, 2.45) is 0 Å². The molecule has 0 radical (unpaired) electrons. The Hall–Kier alpha value is -6.72. The van der Waals surface area contributed by atoms with E-state index in [1.807, 2.05) is 43.3 Å². The summed E-state index contributed by atoms with van der Waals surface area (Å²) in [6.07, 6.45) is 0. The number of carbonyl (C=O) groups is 2. The van der Waals surface area contributed by atoms with E-state index in [-0.39, 0.29) is 22.6 Å². The van der Waals surface area contributed by atoms with Crippen LogP contribution in [-0.4, -0.2) is 18.9 Å². The topological polar surface area (TPSA) is 55.8 Å². The van der Waals surface area contributed by atoms with Crippen LogP contribution in [-0.2, 0) is 15.6 Å². The Morgan fingerprint density at radius 2 is 1.00 bits per heavy atom. The number of aryl methyl sites for hydroxylation is 4. The highest BCUT2D eigenvalue weighted by Crippen LogP contribution is 2.50. The Bertz CT molecular complexity index is 2630. The lowest BCUT2D eigenvalue weighted by molar-refractivity contribution is -0.115. The minimum Gasteiger partial charge on any atom is -0.496 e.